The molecule has 64 valence electrons. The summed E-state index contributed by atoms with van der Waals surface area (Å²) in [5.74, 6) is -2.22. The fraction of sp³-hybridized carbons (Fsp3) is 0.714. The second-order valence-corrected chi connectivity index (χ2v) is 2.65. The van der Waals surface area contributed by atoms with Crippen molar-refractivity contribution in [2.45, 2.75) is 26.4 Å². The predicted molar refractivity (Wildman–Crippen MR) is 35.5 cm³/mol. The zero-order valence-electron chi connectivity index (χ0n) is 6.53. The Bertz CT molecular complexity index is 162. The van der Waals surface area contributed by atoms with Crippen LogP contribution in [0.5, 0.6) is 0 Å². The van der Waals surface area contributed by atoms with Gasteiger partial charge in [-0.05, 0) is 0 Å². The fourth-order valence-electron chi connectivity index (χ4n) is 0.643. The Morgan fingerprint density at radius 2 is 1.91 bits per heavy atom. The van der Waals surface area contributed by atoms with Crippen molar-refractivity contribution in [2.24, 2.45) is 5.92 Å². The van der Waals surface area contributed by atoms with Gasteiger partial charge in [-0.15, -0.1) is 0 Å². The van der Waals surface area contributed by atoms with Gasteiger partial charge < -0.3 is 15.0 Å². The first kappa shape index (κ1) is 10.1. The molecule has 0 aromatic rings. The maximum Gasteiger partial charge on any atom is 0.164 e. The second-order valence-electron chi connectivity index (χ2n) is 2.65. The van der Waals surface area contributed by atoms with Gasteiger partial charge in [-0.1, -0.05) is 13.8 Å². The second kappa shape index (κ2) is 4.08. The van der Waals surface area contributed by atoms with Gasteiger partial charge in [-0.25, -0.2) is 0 Å². The topological polar surface area (TPSA) is 77.4 Å². The van der Waals surface area contributed by atoms with E-state index in [2.05, 4.69) is 0 Å². The molecule has 0 aliphatic rings. The molecule has 0 rings (SSSR count). The first-order valence-electron chi connectivity index (χ1n) is 3.36. The molecule has 0 bridgehead atoms. The molecule has 0 aromatic heterocycles. The lowest BCUT2D eigenvalue weighted by Gasteiger charge is -2.11. The number of aliphatic hydroxyl groups is 1. The largest absolute Gasteiger partial charge is 0.550 e. The van der Waals surface area contributed by atoms with Crippen molar-refractivity contribution in [1.29, 1.82) is 0 Å². The Morgan fingerprint density at radius 1 is 1.45 bits per heavy atom. The summed E-state index contributed by atoms with van der Waals surface area (Å²) in [6, 6.07) is 0. The predicted octanol–water partition coefficient (Wildman–Crippen LogP) is -1.29. The smallest absolute Gasteiger partial charge is 0.164 e. The number of carbonyl (C=O) groups is 2. The number of ketones is 1. The van der Waals surface area contributed by atoms with Gasteiger partial charge >= 0.3 is 0 Å². The number of aliphatic hydroxyl groups excluding tert-OH is 1. The molecule has 0 aliphatic carbocycles. The number of carbonyl (C=O) groups excluding carboxylic acids is 2. The summed E-state index contributed by atoms with van der Waals surface area (Å²) < 4.78 is 0. The van der Waals surface area contributed by atoms with Crippen LogP contribution >= 0.6 is 0 Å². The Balaban J connectivity index is 3.93. The molecule has 0 saturated carbocycles. The molecular weight excluding hydrogens is 148 g/mol. The highest BCUT2D eigenvalue weighted by atomic mass is 16.4. The van der Waals surface area contributed by atoms with Gasteiger partial charge in [0.1, 0.15) is 6.10 Å². The van der Waals surface area contributed by atoms with E-state index in [0.717, 1.165) is 0 Å². The van der Waals surface area contributed by atoms with Crippen LogP contribution in [-0.2, 0) is 9.59 Å². The third kappa shape index (κ3) is 3.72. The number of Topliss-reactive ketones (excluding diaryl/α,β-unsaturated/α-hetero) is 1. The molecule has 0 aromatic carbocycles. The summed E-state index contributed by atoms with van der Waals surface area (Å²) in [7, 11) is 0. The normalized spacial score (nSPS) is 13.1. The monoisotopic (exact) mass is 159 g/mol. The summed E-state index contributed by atoms with van der Waals surface area (Å²) in [6.07, 6.45) is -2.03. The van der Waals surface area contributed by atoms with Crippen LogP contribution in [0.3, 0.4) is 0 Å². The number of carboxylic acids is 1. The molecule has 0 saturated heterocycles. The molecule has 0 spiro atoms. The summed E-state index contributed by atoms with van der Waals surface area (Å²) in [5, 5.41) is 18.8. The number of aliphatic carboxylic acids is 1. The zero-order chi connectivity index (χ0) is 9.02. The van der Waals surface area contributed by atoms with Crippen LogP contribution < -0.4 is 5.11 Å². The van der Waals surface area contributed by atoms with E-state index in [-0.39, 0.29) is 5.92 Å². The van der Waals surface area contributed by atoms with E-state index in [4.69, 9.17) is 5.11 Å². The van der Waals surface area contributed by atoms with Crippen LogP contribution in [0.2, 0.25) is 0 Å². The van der Waals surface area contributed by atoms with E-state index in [1.54, 1.807) is 13.8 Å². The Morgan fingerprint density at radius 3 is 2.18 bits per heavy atom. The van der Waals surface area contributed by atoms with E-state index in [1.807, 2.05) is 0 Å². The van der Waals surface area contributed by atoms with Gasteiger partial charge in [0.15, 0.2) is 5.78 Å². The van der Waals surface area contributed by atoms with Gasteiger partial charge in [0.25, 0.3) is 0 Å². The molecule has 1 unspecified atom stereocenters. The molecule has 11 heavy (non-hydrogen) atoms. The van der Waals surface area contributed by atoms with E-state index < -0.39 is 24.3 Å². The van der Waals surface area contributed by atoms with Crippen LogP contribution in [0.15, 0.2) is 0 Å². The molecule has 0 radical (unpaired) electrons. The van der Waals surface area contributed by atoms with Crippen molar-refractivity contribution < 1.29 is 19.8 Å². The summed E-state index contributed by atoms with van der Waals surface area (Å²) in [5.41, 5.74) is 0. The third-order valence-electron chi connectivity index (χ3n) is 1.26. The highest BCUT2D eigenvalue weighted by molar-refractivity contribution is 5.87. The van der Waals surface area contributed by atoms with E-state index in [9.17, 15) is 14.7 Å². The molecule has 4 heteroatoms. The Kier molecular flexibility index (Phi) is 3.74. The average Bonchev–Trinajstić information content (AvgIpc) is 1.84. The highest BCUT2D eigenvalue weighted by Gasteiger charge is 2.17. The number of carboxylic acid groups (broad SMARTS) is 1. The van der Waals surface area contributed by atoms with Gasteiger partial charge in [-0.2, -0.15) is 0 Å². The SMILES string of the molecule is CC(C)C(=O)C(O)CC(=O)[O-]. The van der Waals surface area contributed by atoms with Crippen molar-refractivity contribution in [2.75, 3.05) is 0 Å². The van der Waals surface area contributed by atoms with Crippen LogP contribution in [0.25, 0.3) is 0 Å². The lowest BCUT2D eigenvalue weighted by atomic mass is 10.0. The first-order valence-corrected chi connectivity index (χ1v) is 3.36. The van der Waals surface area contributed by atoms with Gasteiger partial charge in [-0.3, -0.25) is 4.79 Å². The minimum Gasteiger partial charge on any atom is -0.550 e. The molecule has 1 N–H and O–H groups in total. The minimum absolute atomic E-state index is 0.343. The summed E-state index contributed by atoms with van der Waals surface area (Å²) in [6.45, 7) is 3.20. The minimum atomic E-state index is -1.42. The van der Waals surface area contributed by atoms with Gasteiger partial charge in [0.2, 0.25) is 0 Å². The van der Waals surface area contributed by atoms with Crippen molar-refractivity contribution in [3.05, 3.63) is 0 Å². The molecule has 0 aliphatic heterocycles. The van der Waals surface area contributed by atoms with E-state index in [0.29, 0.717) is 0 Å². The van der Waals surface area contributed by atoms with Crippen molar-refractivity contribution in [1.82, 2.24) is 0 Å². The third-order valence-corrected chi connectivity index (χ3v) is 1.26. The van der Waals surface area contributed by atoms with Crippen molar-refractivity contribution in [3.63, 3.8) is 0 Å². The van der Waals surface area contributed by atoms with Crippen LogP contribution in [0, 0.1) is 5.92 Å². The molecule has 0 amide bonds. The maximum absolute atomic E-state index is 10.8. The molecule has 0 heterocycles. The quantitative estimate of drug-likeness (QED) is 0.553. The number of hydrogen-bond donors (Lipinski definition) is 1. The van der Waals surface area contributed by atoms with Crippen LogP contribution in [0.1, 0.15) is 20.3 Å². The average molecular weight is 159 g/mol. The Hall–Kier alpha value is -0.900. The fourth-order valence-corrected chi connectivity index (χ4v) is 0.643. The number of rotatable bonds is 4. The highest BCUT2D eigenvalue weighted by Crippen LogP contribution is 2.02. The van der Waals surface area contributed by atoms with Crippen molar-refractivity contribution >= 4 is 11.8 Å². The number of hydrogen-bond acceptors (Lipinski definition) is 4. The lowest BCUT2D eigenvalue weighted by Crippen LogP contribution is -2.33. The molecule has 1 atom stereocenters. The van der Waals surface area contributed by atoms with Crippen molar-refractivity contribution in [3.8, 4) is 0 Å². The Labute approximate surface area is 64.8 Å². The molecular formula is C7H11O4-. The van der Waals surface area contributed by atoms with Crippen LogP contribution in [0.4, 0.5) is 0 Å². The zero-order valence-corrected chi connectivity index (χ0v) is 6.53. The van der Waals surface area contributed by atoms with Crippen LogP contribution in [-0.4, -0.2) is 23.0 Å². The summed E-state index contributed by atoms with van der Waals surface area (Å²) >= 11 is 0. The molecule has 0 fully saturated rings. The van der Waals surface area contributed by atoms with E-state index in [1.165, 1.54) is 0 Å². The van der Waals surface area contributed by atoms with Gasteiger partial charge in [0.05, 0.1) is 0 Å². The lowest BCUT2D eigenvalue weighted by molar-refractivity contribution is -0.307. The summed E-state index contributed by atoms with van der Waals surface area (Å²) in [4.78, 5) is 20.8. The standard InChI is InChI=1S/C7H12O4/c1-4(2)7(11)5(8)3-6(9)10/h4-5,8H,3H2,1-2H3,(H,9,10)/p-1. The first-order chi connectivity index (χ1) is 4.95. The van der Waals surface area contributed by atoms with E-state index >= 15 is 0 Å². The molecule has 4 nitrogen and oxygen atoms in total. The maximum atomic E-state index is 10.8. The van der Waals surface area contributed by atoms with Gasteiger partial charge in [0, 0.05) is 18.3 Å².